The lowest BCUT2D eigenvalue weighted by Crippen LogP contribution is -2.51. The van der Waals surface area contributed by atoms with Crippen LogP contribution in [0, 0.1) is 11.3 Å². The lowest BCUT2D eigenvalue weighted by molar-refractivity contribution is 0.213. The van der Waals surface area contributed by atoms with Crippen LogP contribution >= 0.6 is 0 Å². The summed E-state index contributed by atoms with van der Waals surface area (Å²) in [6.07, 6.45) is 1.13. The molecule has 1 atom stereocenters. The summed E-state index contributed by atoms with van der Waals surface area (Å²) < 4.78 is 0. The van der Waals surface area contributed by atoms with E-state index in [2.05, 4.69) is 29.8 Å². The summed E-state index contributed by atoms with van der Waals surface area (Å²) in [7, 11) is 2.17. The highest BCUT2D eigenvalue weighted by molar-refractivity contribution is 5.70. The maximum absolute atomic E-state index is 8.97. The van der Waals surface area contributed by atoms with Crippen molar-refractivity contribution in [3.05, 3.63) is 23.8 Å². The second-order valence-corrected chi connectivity index (χ2v) is 4.87. The van der Waals surface area contributed by atoms with E-state index in [0.717, 1.165) is 37.4 Å². The van der Waals surface area contributed by atoms with Crippen molar-refractivity contribution in [2.45, 2.75) is 19.4 Å². The van der Waals surface area contributed by atoms with Gasteiger partial charge in [-0.3, -0.25) is 4.90 Å². The minimum absolute atomic E-state index is 0.559. The molecule has 2 N–H and O–H groups in total. The number of hydrogen-bond donors (Lipinski definition) is 1. The molecule has 0 aromatic heterocycles. The van der Waals surface area contributed by atoms with E-state index in [4.69, 9.17) is 11.0 Å². The predicted molar refractivity (Wildman–Crippen MR) is 74.5 cm³/mol. The van der Waals surface area contributed by atoms with Gasteiger partial charge in [-0.05, 0) is 31.7 Å². The Kier molecular flexibility index (Phi) is 3.73. The third-order valence-corrected chi connectivity index (χ3v) is 3.75. The standard InChI is InChI=1S/C14H20N4/c1-3-12-10-18(7-6-17(12)2)14-8-11(9-15)4-5-13(14)16/h4-5,8,12H,3,6-7,10,16H2,1-2H3. The average Bonchev–Trinajstić information content (AvgIpc) is 2.40. The molecule has 0 amide bonds. The van der Waals surface area contributed by atoms with Crippen LogP contribution < -0.4 is 10.6 Å². The van der Waals surface area contributed by atoms with Gasteiger partial charge in [0.1, 0.15) is 0 Å². The number of nitrogens with zero attached hydrogens (tertiary/aromatic N) is 3. The predicted octanol–water partition coefficient (Wildman–Crippen LogP) is 1.67. The molecule has 96 valence electrons. The fraction of sp³-hybridized carbons (Fsp3) is 0.500. The Morgan fingerprint density at radius 1 is 1.44 bits per heavy atom. The number of anilines is 2. The maximum atomic E-state index is 8.97. The number of rotatable bonds is 2. The van der Waals surface area contributed by atoms with Gasteiger partial charge in [0, 0.05) is 25.7 Å². The Balaban J connectivity index is 2.24. The number of benzene rings is 1. The van der Waals surface area contributed by atoms with Crippen LogP contribution in [0.5, 0.6) is 0 Å². The van der Waals surface area contributed by atoms with E-state index in [0.29, 0.717) is 11.6 Å². The van der Waals surface area contributed by atoms with Gasteiger partial charge in [-0.1, -0.05) is 6.92 Å². The average molecular weight is 244 g/mol. The van der Waals surface area contributed by atoms with Crippen LogP contribution in [0.4, 0.5) is 11.4 Å². The van der Waals surface area contributed by atoms with Crippen molar-refractivity contribution in [3.63, 3.8) is 0 Å². The summed E-state index contributed by atoms with van der Waals surface area (Å²) in [5.41, 5.74) is 8.46. The van der Waals surface area contributed by atoms with Crippen molar-refractivity contribution in [2.75, 3.05) is 37.3 Å². The maximum Gasteiger partial charge on any atom is 0.0992 e. The van der Waals surface area contributed by atoms with Crippen LogP contribution in [0.3, 0.4) is 0 Å². The van der Waals surface area contributed by atoms with Gasteiger partial charge in [0.05, 0.1) is 23.0 Å². The minimum Gasteiger partial charge on any atom is -0.397 e. The zero-order chi connectivity index (χ0) is 13.1. The second-order valence-electron chi connectivity index (χ2n) is 4.87. The number of likely N-dealkylation sites (N-methyl/N-ethyl adjacent to an activating group) is 1. The lowest BCUT2D eigenvalue weighted by atomic mass is 10.1. The van der Waals surface area contributed by atoms with Crippen molar-refractivity contribution in [1.82, 2.24) is 4.90 Å². The van der Waals surface area contributed by atoms with Crippen LogP contribution in [0.15, 0.2) is 18.2 Å². The Morgan fingerprint density at radius 3 is 2.89 bits per heavy atom. The third kappa shape index (κ3) is 2.41. The molecule has 1 saturated heterocycles. The Bertz CT molecular complexity index is 463. The first-order chi connectivity index (χ1) is 8.65. The molecular weight excluding hydrogens is 224 g/mol. The van der Waals surface area contributed by atoms with Gasteiger partial charge in [-0.2, -0.15) is 5.26 Å². The fourth-order valence-corrected chi connectivity index (χ4v) is 2.49. The highest BCUT2D eigenvalue weighted by Gasteiger charge is 2.24. The van der Waals surface area contributed by atoms with Crippen LogP contribution in [0.1, 0.15) is 18.9 Å². The Hall–Kier alpha value is -1.73. The monoisotopic (exact) mass is 244 g/mol. The van der Waals surface area contributed by atoms with Gasteiger partial charge >= 0.3 is 0 Å². The van der Waals surface area contributed by atoms with Crippen LogP contribution in [0.25, 0.3) is 0 Å². The molecule has 0 bridgehead atoms. The first kappa shape index (κ1) is 12.7. The SMILES string of the molecule is CCC1CN(c2cc(C#N)ccc2N)CCN1C. The van der Waals surface area contributed by atoms with Crippen molar-refractivity contribution in [1.29, 1.82) is 5.26 Å². The molecule has 2 rings (SSSR count). The quantitative estimate of drug-likeness (QED) is 0.804. The molecular formula is C14H20N4. The number of piperazine rings is 1. The van der Waals surface area contributed by atoms with E-state index in [9.17, 15) is 0 Å². The van der Waals surface area contributed by atoms with Gasteiger partial charge in [-0.25, -0.2) is 0 Å². The molecule has 0 radical (unpaired) electrons. The molecule has 1 aliphatic heterocycles. The lowest BCUT2D eigenvalue weighted by Gasteiger charge is -2.40. The topological polar surface area (TPSA) is 56.3 Å². The van der Waals surface area contributed by atoms with E-state index >= 15 is 0 Å². The third-order valence-electron chi connectivity index (χ3n) is 3.75. The largest absolute Gasteiger partial charge is 0.397 e. The Labute approximate surface area is 109 Å². The van der Waals surface area contributed by atoms with Crippen molar-refractivity contribution in [2.24, 2.45) is 0 Å². The molecule has 0 spiro atoms. The normalized spacial score (nSPS) is 20.7. The van der Waals surface area contributed by atoms with Gasteiger partial charge in [0.15, 0.2) is 0 Å². The fourth-order valence-electron chi connectivity index (χ4n) is 2.49. The van der Waals surface area contributed by atoms with Crippen molar-refractivity contribution in [3.8, 4) is 6.07 Å². The summed E-state index contributed by atoms with van der Waals surface area (Å²) in [4.78, 5) is 4.69. The van der Waals surface area contributed by atoms with Crippen molar-refractivity contribution >= 4 is 11.4 Å². The zero-order valence-corrected chi connectivity index (χ0v) is 11.1. The summed E-state index contributed by atoms with van der Waals surface area (Å²) in [6.45, 7) is 5.19. The molecule has 1 fully saturated rings. The molecule has 18 heavy (non-hydrogen) atoms. The number of hydrogen-bond acceptors (Lipinski definition) is 4. The molecule has 4 nitrogen and oxygen atoms in total. The summed E-state index contributed by atoms with van der Waals surface area (Å²) in [6, 6.07) is 8.23. The first-order valence-electron chi connectivity index (χ1n) is 6.40. The smallest absolute Gasteiger partial charge is 0.0992 e. The Morgan fingerprint density at radius 2 is 2.22 bits per heavy atom. The summed E-state index contributed by atoms with van der Waals surface area (Å²) >= 11 is 0. The van der Waals surface area contributed by atoms with Crippen LogP contribution in [-0.2, 0) is 0 Å². The van der Waals surface area contributed by atoms with Crippen molar-refractivity contribution < 1.29 is 0 Å². The minimum atomic E-state index is 0.559. The molecule has 1 aliphatic rings. The highest BCUT2D eigenvalue weighted by atomic mass is 15.3. The van der Waals surface area contributed by atoms with E-state index in [1.54, 1.807) is 6.07 Å². The van der Waals surface area contributed by atoms with E-state index in [1.807, 2.05) is 12.1 Å². The molecule has 0 saturated carbocycles. The summed E-state index contributed by atoms with van der Waals surface area (Å²) in [5.74, 6) is 0. The van der Waals surface area contributed by atoms with E-state index < -0.39 is 0 Å². The summed E-state index contributed by atoms with van der Waals surface area (Å²) in [5, 5.41) is 8.97. The molecule has 1 aromatic rings. The van der Waals surface area contributed by atoms with Crippen LogP contribution in [-0.4, -0.2) is 37.6 Å². The highest BCUT2D eigenvalue weighted by Crippen LogP contribution is 2.27. The zero-order valence-electron chi connectivity index (χ0n) is 11.1. The van der Waals surface area contributed by atoms with Gasteiger partial charge in [-0.15, -0.1) is 0 Å². The molecule has 1 aromatic carbocycles. The van der Waals surface area contributed by atoms with Gasteiger partial charge in [0.25, 0.3) is 0 Å². The molecule has 1 unspecified atom stereocenters. The van der Waals surface area contributed by atoms with E-state index in [1.165, 1.54) is 0 Å². The number of nitrogens with two attached hydrogens (primary N) is 1. The van der Waals surface area contributed by atoms with Gasteiger partial charge in [0.2, 0.25) is 0 Å². The van der Waals surface area contributed by atoms with Crippen LogP contribution in [0.2, 0.25) is 0 Å². The number of nitriles is 1. The van der Waals surface area contributed by atoms with E-state index in [-0.39, 0.29) is 0 Å². The first-order valence-corrected chi connectivity index (χ1v) is 6.40. The molecule has 0 aliphatic carbocycles. The number of nitrogen functional groups attached to an aromatic ring is 1. The second kappa shape index (κ2) is 5.28. The molecule has 1 heterocycles. The molecule has 4 heteroatoms. The van der Waals surface area contributed by atoms with Gasteiger partial charge < -0.3 is 10.6 Å².